The second kappa shape index (κ2) is 8.69. The van der Waals surface area contributed by atoms with E-state index in [-0.39, 0.29) is 18.6 Å². The van der Waals surface area contributed by atoms with Gasteiger partial charge in [-0.15, -0.1) is 11.3 Å². The van der Waals surface area contributed by atoms with Crippen molar-refractivity contribution in [2.75, 3.05) is 13.1 Å². The van der Waals surface area contributed by atoms with Crippen LogP contribution in [0.3, 0.4) is 0 Å². The van der Waals surface area contributed by atoms with Crippen molar-refractivity contribution < 1.29 is 22.3 Å². The molecule has 3 fully saturated rings. The first-order valence-corrected chi connectivity index (χ1v) is 13.9. The molecular weight excluding hydrogens is 500 g/mol. The van der Waals surface area contributed by atoms with Crippen molar-refractivity contribution in [3.63, 3.8) is 0 Å². The van der Waals surface area contributed by atoms with Gasteiger partial charge in [0.2, 0.25) is 0 Å². The molecule has 0 aromatic carbocycles. The quantitative estimate of drug-likeness (QED) is 0.594. The molecule has 0 spiro atoms. The first kappa shape index (κ1) is 23.2. The molecule has 6 heterocycles. The van der Waals surface area contributed by atoms with Gasteiger partial charge in [-0.1, -0.05) is 0 Å². The summed E-state index contributed by atoms with van der Waals surface area (Å²) in [5.41, 5.74) is 1.92. The molecule has 2 bridgehead atoms. The predicted molar refractivity (Wildman–Crippen MR) is 125 cm³/mol. The van der Waals surface area contributed by atoms with Crippen molar-refractivity contribution in [3.8, 4) is 0 Å². The summed E-state index contributed by atoms with van der Waals surface area (Å²) in [5, 5.41) is 16.6. The molecule has 10 nitrogen and oxygen atoms in total. The number of nitrogens with one attached hydrogen (secondary N) is 1. The maximum absolute atomic E-state index is 13.4. The van der Waals surface area contributed by atoms with Crippen molar-refractivity contribution in [2.45, 2.75) is 62.9 Å². The highest BCUT2D eigenvalue weighted by Gasteiger charge is 2.48. The summed E-state index contributed by atoms with van der Waals surface area (Å²) < 4.78 is 58.1. The molecule has 188 valence electrons. The third-order valence-corrected chi connectivity index (χ3v) is 9.69. The topological polar surface area (TPSA) is 116 Å². The number of aromatic nitrogens is 3. The molecule has 3 saturated heterocycles. The second-order valence-electron chi connectivity index (χ2n) is 9.34. The van der Waals surface area contributed by atoms with Crippen LogP contribution in [0.15, 0.2) is 34.5 Å². The van der Waals surface area contributed by atoms with Crippen molar-refractivity contribution in [2.24, 2.45) is 4.99 Å². The smallest absolute Gasteiger partial charge is 0.333 e. The molecule has 0 aliphatic carbocycles. The van der Waals surface area contributed by atoms with Gasteiger partial charge < -0.3 is 10.0 Å². The number of thiazole rings is 1. The first-order chi connectivity index (χ1) is 16.8. The summed E-state index contributed by atoms with van der Waals surface area (Å²) in [6, 6.07) is 0.721. The average molecular weight is 526 g/mol. The van der Waals surface area contributed by atoms with E-state index in [1.807, 2.05) is 10.3 Å². The van der Waals surface area contributed by atoms with Crippen LogP contribution in [0.4, 0.5) is 8.78 Å². The Bertz CT molecular complexity index is 1260. The van der Waals surface area contributed by atoms with Crippen LogP contribution in [0.2, 0.25) is 0 Å². The number of aliphatic hydroxyl groups excluding tert-OH is 1. The number of amidine groups is 1. The number of aliphatic imine (C=N–C) groups is 1. The number of aliphatic hydroxyl groups is 1. The third kappa shape index (κ3) is 4.10. The minimum absolute atomic E-state index is 0.189. The zero-order valence-corrected chi connectivity index (χ0v) is 20.3. The monoisotopic (exact) mass is 525 g/mol. The Balaban J connectivity index is 1.29. The molecule has 2 aromatic heterocycles. The van der Waals surface area contributed by atoms with Gasteiger partial charge in [0, 0.05) is 60.1 Å². The fraction of sp³-hybridized carbons (Fsp3) is 0.571. The van der Waals surface area contributed by atoms with Crippen LogP contribution in [0.1, 0.15) is 49.4 Å². The lowest BCUT2D eigenvalue weighted by Gasteiger charge is -2.36. The standard InChI is InChI=1S/C21H25F2N7O3S2/c22-21(23)29-5-3-17(26-29)16-10-25-19(20-24-4-6-34-20)28-11-12(7-18(16)28)27-35(32,33)30-13-1-2-14(30)9-15(31)8-13/h3-6,12-15,21,27,31H,1-2,7-11H2. The Morgan fingerprint density at radius 1 is 1.23 bits per heavy atom. The molecule has 4 aliphatic rings. The molecule has 6 rings (SSSR count). The molecule has 4 aliphatic heterocycles. The lowest BCUT2D eigenvalue weighted by atomic mass is 10.0. The Labute approximate surface area is 205 Å². The zero-order chi connectivity index (χ0) is 24.3. The number of hydrogen-bond donors (Lipinski definition) is 2. The van der Waals surface area contributed by atoms with E-state index < -0.39 is 28.9 Å². The Morgan fingerprint density at radius 3 is 2.66 bits per heavy atom. The lowest BCUT2D eigenvalue weighted by molar-refractivity contribution is 0.0564. The number of alkyl halides is 2. The van der Waals surface area contributed by atoms with E-state index in [0.717, 1.165) is 18.5 Å². The van der Waals surface area contributed by atoms with E-state index >= 15 is 0 Å². The Kier molecular flexibility index (Phi) is 5.75. The largest absolute Gasteiger partial charge is 0.393 e. The van der Waals surface area contributed by atoms with Gasteiger partial charge >= 0.3 is 6.55 Å². The minimum atomic E-state index is -3.78. The molecule has 0 saturated carbocycles. The summed E-state index contributed by atoms with van der Waals surface area (Å²) in [5.74, 6) is 0.648. The molecule has 3 unspecified atom stereocenters. The van der Waals surface area contributed by atoms with Crippen LogP contribution >= 0.6 is 11.3 Å². The summed E-state index contributed by atoms with van der Waals surface area (Å²) >= 11 is 1.43. The maximum Gasteiger partial charge on any atom is 0.333 e. The van der Waals surface area contributed by atoms with Crippen LogP contribution in [0.25, 0.3) is 5.57 Å². The average Bonchev–Trinajstić information content (AvgIpc) is 3.59. The molecule has 35 heavy (non-hydrogen) atoms. The van der Waals surface area contributed by atoms with Crippen molar-refractivity contribution in [1.29, 1.82) is 0 Å². The summed E-state index contributed by atoms with van der Waals surface area (Å²) in [6.07, 6.45) is 5.25. The number of nitrogens with zero attached hydrogens (tertiary/aromatic N) is 6. The number of hydrogen-bond acceptors (Lipinski definition) is 8. The first-order valence-electron chi connectivity index (χ1n) is 11.6. The van der Waals surface area contributed by atoms with E-state index in [9.17, 15) is 22.3 Å². The van der Waals surface area contributed by atoms with Gasteiger partial charge in [0.05, 0.1) is 18.3 Å². The molecular formula is C21H25F2N7O3S2. The zero-order valence-electron chi connectivity index (χ0n) is 18.7. The fourth-order valence-electron chi connectivity index (χ4n) is 5.77. The van der Waals surface area contributed by atoms with Crippen LogP contribution in [-0.2, 0) is 10.2 Å². The van der Waals surface area contributed by atoms with Gasteiger partial charge in [-0.3, -0.25) is 4.99 Å². The van der Waals surface area contributed by atoms with Gasteiger partial charge in [-0.05, 0) is 31.7 Å². The summed E-state index contributed by atoms with van der Waals surface area (Å²) in [4.78, 5) is 11.0. The van der Waals surface area contributed by atoms with Gasteiger partial charge in [-0.25, -0.2) is 9.67 Å². The summed E-state index contributed by atoms with van der Waals surface area (Å²) in [7, 11) is -3.78. The molecule has 2 N–H and O–H groups in total. The van der Waals surface area contributed by atoms with E-state index in [2.05, 4.69) is 19.8 Å². The molecule has 0 amide bonds. The van der Waals surface area contributed by atoms with E-state index in [0.29, 0.717) is 52.6 Å². The third-order valence-electron chi connectivity index (χ3n) is 7.13. The number of rotatable bonds is 6. The van der Waals surface area contributed by atoms with E-state index in [4.69, 9.17) is 0 Å². The van der Waals surface area contributed by atoms with Gasteiger partial charge in [0.15, 0.2) is 10.8 Å². The van der Waals surface area contributed by atoms with Gasteiger partial charge in [-0.2, -0.15) is 31.3 Å². The van der Waals surface area contributed by atoms with Crippen LogP contribution in [-0.4, -0.2) is 80.6 Å². The Hall–Kier alpha value is -2.26. The molecule has 2 aromatic rings. The van der Waals surface area contributed by atoms with E-state index in [1.165, 1.54) is 23.6 Å². The van der Waals surface area contributed by atoms with Crippen molar-refractivity contribution in [1.82, 2.24) is 28.7 Å². The lowest BCUT2D eigenvalue weighted by Crippen LogP contribution is -2.54. The van der Waals surface area contributed by atoms with Crippen LogP contribution < -0.4 is 4.72 Å². The fourth-order valence-corrected chi connectivity index (χ4v) is 8.29. The second-order valence-corrected chi connectivity index (χ2v) is 11.8. The minimum Gasteiger partial charge on any atom is -0.393 e. The summed E-state index contributed by atoms with van der Waals surface area (Å²) in [6.45, 7) is -2.16. The molecule has 0 radical (unpaired) electrons. The highest BCUT2D eigenvalue weighted by Crippen LogP contribution is 2.39. The number of piperidine rings is 1. The highest BCUT2D eigenvalue weighted by atomic mass is 32.2. The number of fused-ring (bicyclic) bond motifs is 3. The van der Waals surface area contributed by atoms with Gasteiger partial charge in [0.1, 0.15) is 0 Å². The van der Waals surface area contributed by atoms with Crippen LogP contribution in [0, 0.1) is 0 Å². The van der Waals surface area contributed by atoms with Crippen molar-refractivity contribution in [3.05, 3.63) is 40.2 Å². The van der Waals surface area contributed by atoms with E-state index in [1.54, 1.807) is 10.5 Å². The molecule has 14 heteroatoms. The predicted octanol–water partition coefficient (Wildman–Crippen LogP) is 1.80. The molecule has 3 atom stereocenters. The van der Waals surface area contributed by atoms with Crippen LogP contribution in [0.5, 0.6) is 0 Å². The van der Waals surface area contributed by atoms with Gasteiger partial charge in [0.25, 0.3) is 10.2 Å². The number of halogens is 2. The SMILES string of the molecule is O=S(=O)(NC1CC2=C(c3ccn(C(F)F)n3)CN=C(c3nccs3)N2C1)N1C2CCC1CC(O)C2. The van der Waals surface area contributed by atoms with Crippen molar-refractivity contribution >= 4 is 33.0 Å². The normalized spacial score (nSPS) is 29.3. The highest BCUT2D eigenvalue weighted by molar-refractivity contribution is 7.87. The Morgan fingerprint density at radius 2 is 2.00 bits per heavy atom. The maximum atomic E-state index is 13.4.